The number of rotatable bonds is 10. The lowest BCUT2D eigenvalue weighted by Gasteiger charge is -2.28. The van der Waals surface area contributed by atoms with E-state index >= 15 is 0 Å². The Kier molecular flexibility index (Phi) is 8.75. The van der Waals surface area contributed by atoms with Crippen LogP contribution in [0.2, 0.25) is 0 Å². The van der Waals surface area contributed by atoms with E-state index in [-0.39, 0.29) is 31.0 Å². The van der Waals surface area contributed by atoms with Crippen molar-refractivity contribution >= 4 is 23.3 Å². The molecule has 0 fully saturated rings. The zero-order chi connectivity index (χ0) is 23.1. The van der Waals surface area contributed by atoms with Gasteiger partial charge in [0.25, 0.3) is 0 Å². The third kappa shape index (κ3) is 6.13. The predicted molar refractivity (Wildman–Crippen MR) is 128 cm³/mol. The van der Waals surface area contributed by atoms with Crippen molar-refractivity contribution in [3.63, 3.8) is 0 Å². The van der Waals surface area contributed by atoms with Crippen molar-refractivity contribution in [1.29, 1.82) is 0 Å². The summed E-state index contributed by atoms with van der Waals surface area (Å²) in [5.41, 5.74) is 2.65. The van der Waals surface area contributed by atoms with Crippen LogP contribution in [0.3, 0.4) is 0 Å². The molecule has 8 heteroatoms. The van der Waals surface area contributed by atoms with E-state index in [0.29, 0.717) is 5.92 Å². The van der Waals surface area contributed by atoms with Gasteiger partial charge in [0.05, 0.1) is 19.6 Å². The quantitative estimate of drug-likeness (QED) is 0.520. The van der Waals surface area contributed by atoms with E-state index in [9.17, 15) is 9.59 Å². The number of nitrogens with zero attached hydrogens (tertiary/aromatic N) is 2. The first kappa shape index (κ1) is 24.3. The summed E-state index contributed by atoms with van der Waals surface area (Å²) in [4.78, 5) is 28.0. The van der Waals surface area contributed by atoms with E-state index in [1.54, 1.807) is 0 Å². The molecule has 0 radical (unpaired) electrons. The van der Waals surface area contributed by atoms with E-state index < -0.39 is 0 Å². The minimum atomic E-state index is -0.330. The molecule has 0 saturated heterocycles. The van der Waals surface area contributed by atoms with Crippen LogP contribution in [0, 0.1) is 5.92 Å². The fourth-order valence-electron chi connectivity index (χ4n) is 4.14. The van der Waals surface area contributed by atoms with Gasteiger partial charge in [-0.15, -0.1) is 11.3 Å². The predicted octanol–water partition coefficient (Wildman–Crippen LogP) is 4.26. The average Bonchev–Trinajstić information content (AvgIpc) is 3.43. The molecule has 3 heterocycles. The van der Waals surface area contributed by atoms with E-state index in [0.717, 1.165) is 38.9 Å². The fourth-order valence-corrected chi connectivity index (χ4v) is 5.55. The topological polar surface area (TPSA) is 75.6 Å². The first-order valence-corrected chi connectivity index (χ1v) is 12.4. The maximum absolute atomic E-state index is 12.7. The number of fused-ring (bicyclic) bond motifs is 1. The number of hydrogen-bond donors (Lipinski definition) is 2. The molecule has 1 atom stereocenters. The molecule has 2 aromatic rings. The number of esters is 1. The molecule has 0 aliphatic carbocycles. The van der Waals surface area contributed by atoms with E-state index in [2.05, 4.69) is 58.0 Å². The molecule has 0 aromatic carbocycles. The lowest BCUT2D eigenvalue weighted by atomic mass is 9.92. The van der Waals surface area contributed by atoms with Gasteiger partial charge in [0.1, 0.15) is 5.00 Å². The van der Waals surface area contributed by atoms with Crippen LogP contribution in [0.1, 0.15) is 62.1 Å². The minimum absolute atomic E-state index is 0.0823. The monoisotopic (exact) mass is 460 g/mol. The molecule has 0 bridgehead atoms. The fraction of sp³-hybridized carbons (Fsp3) is 0.583. The molecule has 1 aliphatic rings. The van der Waals surface area contributed by atoms with Gasteiger partial charge >= 0.3 is 12.0 Å². The summed E-state index contributed by atoms with van der Waals surface area (Å²) < 4.78 is 6.83. The highest BCUT2D eigenvalue weighted by Crippen LogP contribution is 2.40. The number of urea groups is 1. The zero-order valence-corrected chi connectivity index (χ0v) is 20.5. The van der Waals surface area contributed by atoms with Gasteiger partial charge in [-0.05, 0) is 49.4 Å². The van der Waals surface area contributed by atoms with Crippen LogP contribution in [0.5, 0.6) is 0 Å². The summed E-state index contributed by atoms with van der Waals surface area (Å²) in [5, 5.41) is 7.23. The lowest BCUT2D eigenvalue weighted by molar-refractivity contribution is -0.140. The van der Waals surface area contributed by atoms with Gasteiger partial charge in [0.15, 0.2) is 0 Å². The highest BCUT2D eigenvalue weighted by Gasteiger charge is 2.30. The van der Waals surface area contributed by atoms with Crippen LogP contribution in [0.4, 0.5) is 4.79 Å². The van der Waals surface area contributed by atoms with Gasteiger partial charge in [-0.25, -0.2) is 4.79 Å². The summed E-state index contributed by atoms with van der Waals surface area (Å²) in [6, 6.07) is 3.75. The van der Waals surface area contributed by atoms with Crippen molar-refractivity contribution in [1.82, 2.24) is 20.1 Å². The largest absolute Gasteiger partial charge is 0.469 e. The maximum atomic E-state index is 12.7. The highest BCUT2D eigenvalue weighted by molar-refractivity contribution is 7.15. The van der Waals surface area contributed by atoms with Crippen molar-refractivity contribution < 1.29 is 14.3 Å². The second-order valence-corrected chi connectivity index (χ2v) is 9.77. The molecule has 176 valence electrons. The van der Waals surface area contributed by atoms with Crippen molar-refractivity contribution in [3.8, 4) is 5.00 Å². The molecule has 0 unspecified atom stereocenters. The summed E-state index contributed by atoms with van der Waals surface area (Å²) in [7, 11) is 1.35. The minimum Gasteiger partial charge on any atom is -0.469 e. The van der Waals surface area contributed by atoms with Crippen LogP contribution < -0.4 is 10.6 Å². The Morgan fingerprint density at radius 3 is 2.62 bits per heavy atom. The number of carbonyl (C=O) groups is 2. The molecule has 1 aliphatic heterocycles. The SMILES string of the molecule is CCN1CCc2c(sc(-n3cccc3)c2[C@H](CCC(C)C)NC(=O)NCCC(=O)OC)C1. The summed E-state index contributed by atoms with van der Waals surface area (Å²) in [6.45, 7) is 9.94. The van der Waals surface area contributed by atoms with E-state index in [1.165, 1.54) is 28.1 Å². The Balaban J connectivity index is 1.88. The van der Waals surface area contributed by atoms with Gasteiger partial charge in [0.2, 0.25) is 0 Å². The van der Waals surface area contributed by atoms with E-state index in [1.807, 2.05) is 23.5 Å². The third-order valence-electron chi connectivity index (χ3n) is 5.97. The Morgan fingerprint density at radius 1 is 1.22 bits per heavy atom. The molecule has 2 N–H and O–H groups in total. The lowest BCUT2D eigenvalue weighted by Crippen LogP contribution is -2.39. The van der Waals surface area contributed by atoms with Crippen LogP contribution >= 0.6 is 11.3 Å². The Morgan fingerprint density at radius 2 is 1.97 bits per heavy atom. The zero-order valence-electron chi connectivity index (χ0n) is 19.6. The van der Waals surface area contributed by atoms with Crippen molar-refractivity contribution in [3.05, 3.63) is 40.5 Å². The first-order chi connectivity index (χ1) is 15.4. The molecule has 32 heavy (non-hydrogen) atoms. The number of thiophene rings is 1. The molecule has 7 nitrogen and oxygen atoms in total. The maximum Gasteiger partial charge on any atom is 0.315 e. The van der Waals surface area contributed by atoms with Gasteiger partial charge in [0, 0.05) is 42.5 Å². The number of methoxy groups -OCH3 is 1. The Labute approximate surface area is 195 Å². The normalized spacial score (nSPS) is 14.8. The van der Waals surface area contributed by atoms with Crippen LogP contribution in [0.15, 0.2) is 24.5 Å². The Bertz CT molecular complexity index is 891. The molecule has 3 rings (SSSR count). The summed E-state index contributed by atoms with van der Waals surface area (Å²) in [6.07, 6.45) is 7.21. The van der Waals surface area contributed by atoms with Crippen molar-refractivity contribution in [2.75, 3.05) is 26.7 Å². The summed E-state index contributed by atoms with van der Waals surface area (Å²) in [5.74, 6) is 0.214. The van der Waals surface area contributed by atoms with Crippen LogP contribution in [-0.4, -0.2) is 48.2 Å². The smallest absolute Gasteiger partial charge is 0.315 e. The molecule has 2 amide bonds. The number of hydrogen-bond acceptors (Lipinski definition) is 5. The van der Waals surface area contributed by atoms with E-state index in [4.69, 9.17) is 0 Å². The second-order valence-electron chi connectivity index (χ2n) is 8.68. The number of likely N-dealkylation sites (N-methyl/N-ethyl adjacent to an activating group) is 1. The molecule has 2 aromatic heterocycles. The van der Waals surface area contributed by atoms with Crippen LogP contribution in [-0.2, 0) is 22.5 Å². The molecule has 0 spiro atoms. The second kappa shape index (κ2) is 11.5. The number of nitrogens with one attached hydrogen (secondary N) is 2. The van der Waals surface area contributed by atoms with Gasteiger partial charge < -0.3 is 19.9 Å². The third-order valence-corrected chi connectivity index (χ3v) is 7.22. The van der Waals surface area contributed by atoms with Gasteiger partial charge in [-0.1, -0.05) is 20.8 Å². The highest BCUT2D eigenvalue weighted by atomic mass is 32.1. The number of carbonyl (C=O) groups excluding carboxylic acids is 2. The standard InChI is InChI=1S/C24H36N4O3S/c1-5-27-15-11-18-20(16-27)32-23(28-13-6-7-14-28)22(18)19(9-8-17(2)3)26-24(30)25-12-10-21(29)31-4/h6-7,13-14,17,19H,5,8-12,15-16H2,1-4H3,(H2,25,26,30)/t19-/m0/s1. The molecular weight excluding hydrogens is 424 g/mol. The van der Waals surface area contributed by atoms with Gasteiger partial charge in [-0.3, -0.25) is 9.69 Å². The first-order valence-electron chi connectivity index (χ1n) is 11.5. The number of amides is 2. The summed E-state index contributed by atoms with van der Waals surface area (Å²) >= 11 is 1.84. The van der Waals surface area contributed by atoms with Crippen LogP contribution in [0.25, 0.3) is 5.00 Å². The average molecular weight is 461 g/mol. The molecular formula is C24H36N4O3S. The molecule has 0 saturated carbocycles. The van der Waals surface area contributed by atoms with Crippen molar-refractivity contribution in [2.24, 2.45) is 5.92 Å². The van der Waals surface area contributed by atoms with Gasteiger partial charge in [-0.2, -0.15) is 0 Å². The Hall–Kier alpha value is -2.32. The number of ether oxygens (including phenoxy) is 1. The van der Waals surface area contributed by atoms with Crippen molar-refractivity contribution in [2.45, 2.75) is 59.0 Å². The number of aromatic nitrogens is 1.